The van der Waals surface area contributed by atoms with Crippen molar-refractivity contribution >= 4 is 14.3 Å². The van der Waals surface area contributed by atoms with E-state index in [1.54, 1.807) is 0 Å². The Morgan fingerprint density at radius 2 is 1.60 bits per heavy atom. The van der Waals surface area contributed by atoms with Crippen molar-refractivity contribution in [1.29, 1.82) is 0 Å². The van der Waals surface area contributed by atoms with Crippen LogP contribution in [0.15, 0.2) is 12.2 Å². The molecule has 1 unspecified atom stereocenters. The zero-order valence-electron chi connectivity index (χ0n) is 33.5. The quantitative estimate of drug-likeness (QED) is 0.0973. The van der Waals surface area contributed by atoms with Crippen molar-refractivity contribution in [2.45, 2.75) is 195 Å². The first-order chi connectivity index (χ1) is 23.6. The summed E-state index contributed by atoms with van der Waals surface area (Å²) in [7, 11) is -2.00. The van der Waals surface area contributed by atoms with Crippen LogP contribution in [0.1, 0.15) is 140 Å². The number of ether oxygens (including phenoxy) is 4. The lowest BCUT2D eigenvalue weighted by atomic mass is 9.41. The van der Waals surface area contributed by atoms with Gasteiger partial charge in [-0.3, -0.25) is 4.79 Å². The molecule has 50 heavy (non-hydrogen) atoms. The molecular weight excluding hydrogens is 641 g/mol. The van der Waals surface area contributed by atoms with Crippen LogP contribution in [-0.2, 0) is 28.2 Å². The largest absolute Gasteiger partial charge is 0.455 e. The van der Waals surface area contributed by atoms with Crippen molar-refractivity contribution in [3.63, 3.8) is 0 Å². The molecule has 2 spiro atoms. The summed E-state index contributed by atoms with van der Waals surface area (Å²) >= 11 is 0. The normalized spacial score (nSPS) is 48.2. The molecule has 7 heteroatoms. The lowest BCUT2D eigenvalue weighted by Gasteiger charge is -2.64. The third-order valence-corrected chi connectivity index (χ3v) is 22.2. The predicted molar refractivity (Wildman–Crippen MR) is 201 cm³/mol. The van der Waals surface area contributed by atoms with E-state index in [0.29, 0.717) is 34.5 Å². The summed E-state index contributed by atoms with van der Waals surface area (Å²) < 4.78 is 34.2. The molecule has 7 fully saturated rings. The summed E-state index contributed by atoms with van der Waals surface area (Å²) in [5.41, 5.74) is 1.96. The highest BCUT2D eigenvalue weighted by atomic mass is 28.4. The maximum atomic E-state index is 12.3. The Bertz CT molecular complexity index is 1300. The van der Waals surface area contributed by atoms with Gasteiger partial charge in [0.05, 0.1) is 24.4 Å². The minimum Gasteiger partial charge on any atom is -0.455 e. The Balaban J connectivity index is 1.25. The third-order valence-electron chi connectivity index (χ3n) is 17.6. The average Bonchev–Trinajstić information content (AvgIpc) is 3.70. The van der Waals surface area contributed by atoms with Crippen molar-refractivity contribution in [2.75, 3.05) is 6.61 Å². The van der Waals surface area contributed by atoms with E-state index >= 15 is 0 Å². The van der Waals surface area contributed by atoms with Gasteiger partial charge < -0.3 is 23.4 Å². The maximum Gasteiger partial charge on any atom is 0.303 e. The van der Waals surface area contributed by atoms with Gasteiger partial charge in [0.2, 0.25) is 0 Å². The van der Waals surface area contributed by atoms with Gasteiger partial charge in [-0.2, -0.15) is 0 Å². The van der Waals surface area contributed by atoms with Crippen LogP contribution in [0, 0.1) is 50.7 Å². The monoisotopic (exact) mass is 713 g/mol. The highest BCUT2D eigenvalue weighted by Gasteiger charge is 2.85. The zero-order chi connectivity index (χ0) is 36.1. The first-order valence-electron chi connectivity index (χ1n) is 21.0. The van der Waals surface area contributed by atoms with Gasteiger partial charge in [0, 0.05) is 18.9 Å². The fraction of sp³-hybridized carbons (Fsp3) is 0.930. The zero-order valence-corrected chi connectivity index (χ0v) is 34.5. The second kappa shape index (κ2) is 12.9. The van der Waals surface area contributed by atoms with Gasteiger partial charge in [0.25, 0.3) is 0 Å². The van der Waals surface area contributed by atoms with Crippen LogP contribution in [0.5, 0.6) is 0 Å². The maximum absolute atomic E-state index is 12.3. The van der Waals surface area contributed by atoms with E-state index in [2.05, 4.69) is 62.0 Å². The van der Waals surface area contributed by atoms with Gasteiger partial charge in [-0.1, -0.05) is 62.0 Å². The van der Waals surface area contributed by atoms with Gasteiger partial charge in [-0.15, -0.1) is 0 Å². The minimum atomic E-state index is -2.00. The molecule has 14 atom stereocenters. The minimum absolute atomic E-state index is 0.00586. The van der Waals surface area contributed by atoms with Crippen LogP contribution < -0.4 is 0 Å². The number of carbonyl (C=O) groups excluding carboxylic acids is 1. The first kappa shape index (κ1) is 37.6. The molecule has 0 N–H and O–H groups in total. The molecule has 5 aliphatic carbocycles. The molecule has 2 heterocycles. The van der Waals surface area contributed by atoms with E-state index in [1.807, 2.05) is 6.92 Å². The molecule has 0 aromatic rings. The summed E-state index contributed by atoms with van der Waals surface area (Å²) in [5.74, 6) is 1.94. The Kier molecular flexibility index (Phi) is 9.73. The highest BCUT2D eigenvalue weighted by molar-refractivity contribution is 6.73. The molecular formula is C43H72O6Si. The van der Waals surface area contributed by atoms with Gasteiger partial charge in [-0.05, 0) is 147 Å². The molecule has 0 aromatic heterocycles. The van der Waals surface area contributed by atoms with Gasteiger partial charge >= 0.3 is 5.97 Å². The van der Waals surface area contributed by atoms with Gasteiger partial charge in [0.15, 0.2) is 14.6 Å². The van der Waals surface area contributed by atoms with Crippen molar-refractivity contribution in [3.05, 3.63) is 12.2 Å². The summed E-state index contributed by atoms with van der Waals surface area (Å²) in [5, 5.41) is 0. The highest BCUT2D eigenvalue weighted by Crippen LogP contribution is 2.89. The SMILES string of the molecule is C=C(C)[C@@H](OC(C)=O)[C@H]1C[C@@H](C)[C@H]2[C@H](O1)[C@H](O[Si](CC)(CC)CC)[C@@]1(C)[C@@H]3CC[C@H]4C(C)(C)[C@@H](O[C@H]5CCCCO5)CCC45C[C@@]35CC[C@]21C. The third kappa shape index (κ3) is 5.22. The smallest absolute Gasteiger partial charge is 0.303 e. The summed E-state index contributed by atoms with van der Waals surface area (Å²) in [6, 6.07) is 3.43. The first-order valence-corrected chi connectivity index (χ1v) is 23.6. The molecule has 2 aliphatic heterocycles. The summed E-state index contributed by atoms with van der Waals surface area (Å²) in [6.07, 6.45) is 13.1. The average molecular weight is 713 g/mol. The molecule has 0 amide bonds. The number of esters is 1. The van der Waals surface area contributed by atoms with E-state index in [0.717, 1.165) is 56.0 Å². The van der Waals surface area contributed by atoms with Crippen LogP contribution in [0.2, 0.25) is 18.1 Å². The topological polar surface area (TPSA) is 63.2 Å². The van der Waals surface area contributed by atoms with Crippen molar-refractivity contribution in [3.8, 4) is 0 Å². The lowest BCUT2D eigenvalue weighted by molar-refractivity contribution is -0.242. The van der Waals surface area contributed by atoms with Crippen molar-refractivity contribution < 1.29 is 28.2 Å². The van der Waals surface area contributed by atoms with E-state index in [1.165, 1.54) is 51.9 Å². The molecule has 5 saturated carbocycles. The molecule has 6 nitrogen and oxygen atoms in total. The summed E-state index contributed by atoms with van der Waals surface area (Å²) in [4.78, 5) is 12.3. The van der Waals surface area contributed by atoms with Crippen LogP contribution >= 0.6 is 0 Å². The number of hydrogen-bond donors (Lipinski definition) is 0. The second-order valence-corrected chi connectivity index (χ2v) is 24.4. The van der Waals surface area contributed by atoms with E-state index in [-0.39, 0.29) is 52.9 Å². The second-order valence-electron chi connectivity index (χ2n) is 19.7. The molecule has 0 radical (unpaired) electrons. The van der Waals surface area contributed by atoms with Crippen LogP contribution in [0.4, 0.5) is 0 Å². The van der Waals surface area contributed by atoms with Gasteiger partial charge in [0.1, 0.15) is 6.10 Å². The molecule has 7 aliphatic rings. The Labute approximate surface area is 306 Å². The van der Waals surface area contributed by atoms with E-state index < -0.39 is 14.4 Å². The number of rotatable bonds is 10. The Hall–Kier alpha value is -0.733. The molecule has 7 rings (SSSR count). The molecule has 2 saturated heterocycles. The predicted octanol–water partition coefficient (Wildman–Crippen LogP) is 10.2. The lowest BCUT2D eigenvalue weighted by Crippen LogP contribution is -2.61. The number of fused-ring (bicyclic) bond motifs is 4. The van der Waals surface area contributed by atoms with E-state index in [4.69, 9.17) is 23.4 Å². The van der Waals surface area contributed by atoms with Gasteiger partial charge in [-0.25, -0.2) is 0 Å². The van der Waals surface area contributed by atoms with Crippen LogP contribution in [0.25, 0.3) is 0 Å². The summed E-state index contributed by atoms with van der Waals surface area (Å²) in [6.45, 7) is 28.7. The van der Waals surface area contributed by atoms with E-state index in [9.17, 15) is 4.79 Å². The molecule has 0 bridgehead atoms. The fourth-order valence-corrected chi connectivity index (χ4v) is 17.8. The Morgan fingerprint density at radius 1 is 0.920 bits per heavy atom. The standard InChI is InChI=1S/C43H72O6Si/c1-12-50(13-2,14-3)49-38-37-35(28(6)25-30(47-37)36(27(4)5)46-29(7)44)40(10)22-23-43-26-42(43)21-20-33(48-34-17-15-16-24-45-34)39(8,9)31(42)18-19-32(43)41(38,40)11/h28,30-38H,4,12-26H2,1-3,5-11H3/t28-,30-,31+,32+,33+,34+,35+,36-,37+,38+,40-,41-,42?,43+/m1/s1. The van der Waals surface area contributed by atoms with Crippen molar-refractivity contribution in [2.24, 2.45) is 50.7 Å². The van der Waals surface area contributed by atoms with Crippen LogP contribution in [0.3, 0.4) is 0 Å². The Morgan fingerprint density at radius 3 is 2.22 bits per heavy atom. The molecule has 284 valence electrons. The van der Waals surface area contributed by atoms with Crippen LogP contribution in [-0.4, -0.2) is 57.7 Å². The molecule has 0 aromatic carbocycles. The van der Waals surface area contributed by atoms with Crippen molar-refractivity contribution in [1.82, 2.24) is 0 Å². The fourth-order valence-electron chi connectivity index (χ4n) is 14.9. The number of carbonyl (C=O) groups is 1. The number of hydrogen-bond acceptors (Lipinski definition) is 6.